The summed E-state index contributed by atoms with van der Waals surface area (Å²) in [5.74, 6) is 0. The highest BCUT2D eigenvalue weighted by atomic mass is 28.4. The standard InChI is InChI=1S/C17H42O9Si3/c1-17(11-14-27(18-2,19-3)20-4,12-15-28(21-5,22-6)23-7)13-16-29(24-8,25-9)26-10/h11-16H2,1-10H3. The Hall–Kier alpha value is 0.291. The van der Waals surface area contributed by atoms with Gasteiger partial charge in [-0.15, -0.1) is 0 Å². The van der Waals surface area contributed by atoms with E-state index in [2.05, 4.69) is 6.92 Å². The lowest BCUT2D eigenvalue weighted by atomic mass is 9.82. The first-order valence-electron chi connectivity index (χ1n) is 9.63. The van der Waals surface area contributed by atoms with Crippen LogP contribution >= 0.6 is 0 Å². The summed E-state index contributed by atoms with van der Waals surface area (Å²) >= 11 is 0. The van der Waals surface area contributed by atoms with E-state index in [1.54, 1.807) is 64.0 Å². The average molecular weight is 475 g/mol. The molecule has 0 saturated carbocycles. The molecular weight excluding hydrogens is 432 g/mol. The van der Waals surface area contributed by atoms with Crippen LogP contribution < -0.4 is 0 Å². The van der Waals surface area contributed by atoms with E-state index in [1.807, 2.05) is 0 Å². The third-order valence-corrected chi connectivity index (χ3v) is 14.1. The molecule has 0 aliphatic rings. The molecule has 0 aromatic rings. The van der Waals surface area contributed by atoms with Crippen molar-refractivity contribution in [3.63, 3.8) is 0 Å². The molecule has 176 valence electrons. The highest BCUT2D eigenvalue weighted by Crippen LogP contribution is 2.40. The van der Waals surface area contributed by atoms with Crippen molar-refractivity contribution in [3.05, 3.63) is 0 Å². The Morgan fingerprint density at radius 3 is 0.724 bits per heavy atom. The van der Waals surface area contributed by atoms with Crippen molar-refractivity contribution >= 4 is 26.4 Å². The van der Waals surface area contributed by atoms with Crippen molar-refractivity contribution in [2.75, 3.05) is 64.0 Å². The summed E-state index contributed by atoms with van der Waals surface area (Å²) in [4.78, 5) is 0. The van der Waals surface area contributed by atoms with Crippen LogP contribution in [0.3, 0.4) is 0 Å². The fourth-order valence-electron chi connectivity index (χ4n) is 3.41. The lowest BCUT2D eigenvalue weighted by molar-refractivity contribution is 0.102. The maximum atomic E-state index is 5.61. The first-order valence-corrected chi connectivity index (χ1v) is 15.4. The molecule has 29 heavy (non-hydrogen) atoms. The van der Waals surface area contributed by atoms with E-state index in [1.165, 1.54) is 0 Å². The molecule has 0 fully saturated rings. The van der Waals surface area contributed by atoms with Crippen molar-refractivity contribution in [1.29, 1.82) is 0 Å². The van der Waals surface area contributed by atoms with Gasteiger partial charge >= 0.3 is 26.4 Å². The highest BCUT2D eigenvalue weighted by molar-refractivity contribution is 6.61. The van der Waals surface area contributed by atoms with Gasteiger partial charge in [0.15, 0.2) is 0 Å². The third kappa shape index (κ3) is 8.39. The van der Waals surface area contributed by atoms with Crippen LogP contribution in [0.5, 0.6) is 0 Å². The normalized spacial score (nSPS) is 13.9. The minimum absolute atomic E-state index is 0.102. The SMILES string of the molecule is CO[Si](CCC(C)(CC[Si](OC)(OC)OC)CC[Si](OC)(OC)OC)(OC)OC. The van der Waals surface area contributed by atoms with Crippen LogP contribution in [0.4, 0.5) is 0 Å². The fraction of sp³-hybridized carbons (Fsp3) is 1.00. The Kier molecular flexibility index (Phi) is 13.8. The van der Waals surface area contributed by atoms with Crippen molar-refractivity contribution in [2.45, 2.75) is 44.3 Å². The Morgan fingerprint density at radius 1 is 0.414 bits per heavy atom. The molecule has 0 atom stereocenters. The van der Waals surface area contributed by atoms with Gasteiger partial charge in [0.1, 0.15) is 0 Å². The number of hydrogen-bond acceptors (Lipinski definition) is 9. The van der Waals surface area contributed by atoms with E-state index >= 15 is 0 Å². The number of hydrogen-bond donors (Lipinski definition) is 0. The average Bonchev–Trinajstić information content (AvgIpc) is 2.78. The van der Waals surface area contributed by atoms with Gasteiger partial charge in [-0.25, -0.2) is 0 Å². The summed E-state index contributed by atoms with van der Waals surface area (Å²) < 4.78 is 50.5. The molecule has 0 heterocycles. The molecule has 0 radical (unpaired) electrons. The van der Waals surface area contributed by atoms with Crippen LogP contribution in [0.2, 0.25) is 18.1 Å². The second kappa shape index (κ2) is 13.6. The zero-order valence-electron chi connectivity index (χ0n) is 19.9. The molecular formula is C17H42O9Si3. The van der Waals surface area contributed by atoms with Crippen molar-refractivity contribution < 1.29 is 39.8 Å². The summed E-state index contributed by atoms with van der Waals surface area (Å²) in [5.41, 5.74) is -0.102. The molecule has 0 rings (SSSR count). The number of rotatable bonds is 18. The van der Waals surface area contributed by atoms with Gasteiger partial charge in [0.2, 0.25) is 0 Å². The first kappa shape index (κ1) is 29.3. The van der Waals surface area contributed by atoms with E-state index < -0.39 is 26.4 Å². The molecule has 0 unspecified atom stereocenters. The highest BCUT2D eigenvalue weighted by Gasteiger charge is 2.46. The van der Waals surface area contributed by atoms with E-state index in [9.17, 15) is 0 Å². The molecule has 9 nitrogen and oxygen atoms in total. The van der Waals surface area contributed by atoms with Crippen LogP contribution in [0.15, 0.2) is 0 Å². The summed E-state index contributed by atoms with van der Waals surface area (Å²) in [6.07, 6.45) is 2.49. The zero-order chi connectivity index (χ0) is 22.6. The zero-order valence-corrected chi connectivity index (χ0v) is 22.9. The molecule has 0 aromatic heterocycles. The minimum atomic E-state index is -2.69. The topological polar surface area (TPSA) is 83.1 Å². The maximum Gasteiger partial charge on any atom is 0.500 e. The van der Waals surface area contributed by atoms with Gasteiger partial charge in [-0.2, -0.15) is 0 Å². The lowest BCUT2D eigenvalue weighted by Gasteiger charge is -2.37. The molecule has 0 aliphatic carbocycles. The van der Waals surface area contributed by atoms with Gasteiger partial charge in [0.25, 0.3) is 0 Å². The van der Waals surface area contributed by atoms with E-state index in [4.69, 9.17) is 39.8 Å². The Labute approximate surface area is 180 Å². The van der Waals surface area contributed by atoms with Gasteiger partial charge in [-0.3, -0.25) is 0 Å². The monoisotopic (exact) mass is 474 g/mol. The summed E-state index contributed by atoms with van der Waals surface area (Å²) in [5, 5.41) is 0. The quantitative estimate of drug-likeness (QED) is 0.278. The Bertz CT molecular complexity index is 346. The smallest absolute Gasteiger partial charge is 0.377 e. The van der Waals surface area contributed by atoms with Gasteiger partial charge in [0, 0.05) is 82.1 Å². The summed E-state index contributed by atoms with van der Waals surface area (Å²) in [6, 6.07) is 2.07. The van der Waals surface area contributed by atoms with Crippen LogP contribution in [0.1, 0.15) is 26.2 Å². The minimum Gasteiger partial charge on any atom is -0.377 e. The van der Waals surface area contributed by atoms with Crippen LogP contribution in [0, 0.1) is 5.41 Å². The molecule has 0 aromatic carbocycles. The second-order valence-electron chi connectivity index (χ2n) is 7.20. The fourth-order valence-corrected chi connectivity index (χ4v) is 9.47. The summed E-state index contributed by atoms with van der Waals surface area (Å²) in [6.45, 7) is 2.23. The predicted molar refractivity (Wildman–Crippen MR) is 117 cm³/mol. The van der Waals surface area contributed by atoms with E-state index in [0.29, 0.717) is 18.1 Å². The van der Waals surface area contributed by atoms with E-state index in [0.717, 1.165) is 19.3 Å². The molecule has 0 bridgehead atoms. The van der Waals surface area contributed by atoms with Crippen molar-refractivity contribution in [3.8, 4) is 0 Å². The molecule has 0 aliphatic heterocycles. The molecule has 0 amide bonds. The predicted octanol–water partition coefficient (Wildman–Crippen LogP) is 2.80. The molecule has 0 N–H and O–H groups in total. The third-order valence-electron chi connectivity index (χ3n) is 5.90. The van der Waals surface area contributed by atoms with Crippen LogP contribution in [0.25, 0.3) is 0 Å². The van der Waals surface area contributed by atoms with Gasteiger partial charge in [0.05, 0.1) is 0 Å². The Morgan fingerprint density at radius 2 is 0.586 bits per heavy atom. The summed E-state index contributed by atoms with van der Waals surface area (Å²) in [7, 11) is 6.62. The maximum absolute atomic E-state index is 5.61. The van der Waals surface area contributed by atoms with Gasteiger partial charge < -0.3 is 39.8 Å². The first-order chi connectivity index (χ1) is 13.7. The molecule has 12 heteroatoms. The van der Waals surface area contributed by atoms with E-state index in [-0.39, 0.29) is 5.41 Å². The van der Waals surface area contributed by atoms with Crippen molar-refractivity contribution in [2.24, 2.45) is 5.41 Å². The second-order valence-corrected chi connectivity index (χ2v) is 16.5. The van der Waals surface area contributed by atoms with Gasteiger partial charge in [-0.05, 0) is 24.7 Å². The van der Waals surface area contributed by atoms with Gasteiger partial charge in [-0.1, -0.05) is 6.92 Å². The van der Waals surface area contributed by atoms with Crippen molar-refractivity contribution in [1.82, 2.24) is 0 Å². The van der Waals surface area contributed by atoms with Crippen LogP contribution in [-0.2, 0) is 39.8 Å². The Balaban J connectivity index is 5.49. The lowest BCUT2D eigenvalue weighted by Crippen LogP contribution is -2.46. The molecule has 0 saturated heterocycles. The largest absolute Gasteiger partial charge is 0.500 e. The molecule has 0 spiro atoms. The van der Waals surface area contributed by atoms with Crippen LogP contribution in [-0.4, -0.2) is 90.4 Å².